The van der Waals surface area contributed by atoms with Gasteiger partial charge in [-0.1, -0.05) is 48.5 Å². The van der Waals surface area contributed by atoms with Crippen LogP contribution >= 0.6 is 22.9 Å². The molecule has 0 unspecified atom stereocenters. The fourth-order valence-electron chi connectivity index (χ4n) is 3.64. The fourth-order valence-corrected chi connectivity index (χ4v) is 5.19. The quantitative estimate of drug-likeness (QED) is 0.307. The Morgan fingerprint density at radius 1 is 1.06 bits per heavy atom. The molecule has 11 heteroatoms. The van der Waals surface area contributed by atoms with Crippen molar-refractivity contribution in [3.05, 3.63) is 93.1 Å². The van der Waals surface area contributed by atoms with E-state index in [1.165, 1.54) is 23.3 Å². The van der Waals surface area contributed by atoms with Crippen molar-refractivity contribution in [2.75, 3.05) is 17.7 Å². The maximum absolute atomic E-state index is 14.0. The molecule has 3 amide bonds. The van der Waals surface area contributed by atoms with Gasteiger partial charge in [-0.2, -0.15) is 4.37 Å². The number of anilines is 2. The van der Waals surface area contributed by atoms with E-state index in [1.54, 1.807) is 36.4 Å². The van der Waals surface area contributed by atoms with E-state index in [0.29, 0.717) is 16.3 Å². The molecule has 4 aromatic rings. The van der Waals surface area contributed by atoms with E-state index in [0.717, 1.165) is 17.1 Å². The third-order valence-electron chi connectivity index (χ3n) is 5.35. The van der Waals surface area contributed by atoms with Gasteiger partial charge >= 0.3 is 0 Å². The van der Waals surface area contributed by atoms with Crippen LogP contribution in [0.4, 0.5) is 11.4 Å². The second-order valence-electron chi connectivity index (χ2n) is 7.61. The largest absolute Gasteiger partial charge is 0.495 e. The van der Waals surface area contributed by atoms with Crippen molar-refractivity contribution in [3.8, 4) is 5.75 Å². The number of thiophene rings is 1. The molecule has 0 aliphatic heterocycles. The van der Waals surface area contributed by atoms with E-state index < -0.39 is 23.8 Å². The molecule has 36 heavy (non-hydrogen) atoms. The monoisotopic (exact) mass is 521 g/mol. The number of carbonyl (C=O) groups excluding carboxylic acids is 3. The smallest absolute Gasteiger partial charge is 0.273 e. The number of hydrogen-bond donors (Lipinski definition) is 3. The first-order chi connectivity index (χ1) is 17.4. The average molecular weight is 522 g/mol. The molecule has 2 aromatic heterocycles. The molecule has 0 bridgehead atoms. The first kappa shape index (κ1) is 24.9. The van der Waals surface area contributed by atoms with Crippen LogP contribution in [-0.4, -0.2) is 29.2 Å². The van der Waals surface area contributed by atoms with Crippen LogP contribution in [0.3, 0.4) is 0 Å². The van der Waals surface area contributed by atoms with Gasteiger partial charge in [-0.15, -0.1) is 11.3 Å². The molecule has 0 saturated heterocycles. The minimum Gasteiger partial charge on any atom is -0.495 e. The standard InChI is InChI=1S/C25H23N5O4S2/c1-34-17-11-6-5-10-16(17)30(25(33)22-19(26)20(23(27)31)29-36-22)21(18-12-7-13-35-18)24(32)28-14-15-8-3-2-4-9-15/h2-13,21H,14,26H2,1H3,(H2,27,31)(H,28,32)/t21-/m0/s1. The lowest BCUT2D eigenvalue weighted by atomic mass is 10.1. The van der Waals surface area contributed by atoms with Crippen molar-refractivity contribution in [3.63, 3.8) is 0 Å². The van der Waals surface area contributed by atoms with Gasteiger partial charge in [0.25, 0.3) is 11.8 Å². The van der Waals surface area contributed by atoms with Gasteiger partial charge in [-0.3, -0.25) is 19.3 Å². The number of methoxy groups -OCH3 is 1. The normalized spacial score (nSPS) is 11.5. The number of aromatic nitrogens is 1. The van der Waals surface area contributed by atoms with Gasteiger partial charge in [0, 0.05) is 11.4 Å². The predicted molar refractivity (Wildman–Crippen MR) is 140 cm³/mol. The molecule has 0 spiro atoms. The minimum atomic E-state index is -1.06. The Labute approximate surface area is 215 Å². The summed E-state index contributed by atoms with van der Waals surface area (Å²) >= 11 is 2.08. The number of primary amides is 1. The Morgan fingerprint density at radius 2 is 1.78 bits per heavy atom. The Bertz CT molecular complexity index is 1370. The van der Waals surface area contributed by atoms with Crippen LogP contribution in [0.5, 0.6) is 5.75 Å². The zero-order valence-electron chi connectivity index (χ0n) is 19.2. The molecule has 9 nitrogen and oxygen atoms in total. The summed E-state index contributed by atoms with van der Waals surface area (Å²) in [4.78, 5) is 41.4. The summed E-state index contributed by atoms with van der Waals surface area (Å²) in [7, 11) is 1.48. The van der Waals surface area contributed by atoms with Gasteiger partial charge in [0.2, 0.25) is 5.91 Å². The predicted octanol–water partition coefficient (Wildman–Crippen LogP) is 3.60. The fraction of sp³-hybridized carbons (Fsp3) is 0.120. The first-order valence-electron chi connectivity index (χ1n) is 10.8. The van der Waals surface area contributed by atoms with Gasteiger partial charge in [-0.25, -0.2) is 0 Å². The number of benzene rings is 2. The number of amides is 3. The van der Waals surface area contributed by atoms with Crippen molar-refractivity contribution >= 4 is 52.0 Å². The van der Waals surface area contributed by atoms with E-state index in [-0.39, 0.29) is 22.8 Å². The molecule has 0 aliphatic rings. The zero-order valence-corrected chi connectivity index (χ0v) is 20.8. The van der Waals surface area contributed by atoms with Gasteiger partial charge in [0.15, 0.2) is 11.7 Å². The average Bonchev–Trinajstić information content (AvgIpc) is 3.56. The molecule has 5 N–H and O–H groups in total. The Balaban J connectivity index is 1.82. The minimum absolute atomic E-state index is 0.00729. The highest BCUT2D eigenvalue weighted by Crippen LogP contribution is 2.38. The maximum Gasteiger partial charge on any atom is 0.273 e. The van der Waals surface area contributed by atoms with Crippen LogP contribution in [0.1, 0.15) is 36.6 Å². The van der Waals surface area contributed by atoms with E-state index in [2.05, 4.69) is 9.69 Å². The van der Waals surface area contributed by atoms with Crippen molar-refractivity contribution < 1.29 is 19.1 Å². The summed E-state index contributed by atoms with van der Waals surface area (Å²) in [6.07, 6.45) is 0. The summed E-state index contributed by atoms with van der Waals surface area (Å²) in [6, 6.07) is 18.8. The number of rotatable bonds is 9. The lowest BCUT2D eigenvalue weighted by Crippen LogP contribution is -2.43. The number of nitrogens with one attached hydrogen (secondary N) is 1. The van der Waals surface area contributed by atoms with Crippen LogP contribution in [0.2, 0.25) is 0 Å². The SMILES string of the molecule is COc1ccccc1N(C(=O)c1snc(C(N)=O)c1N)[C@H](C(=O)NCc1ccccc1)c1cccs1. The number of hydrogen-bond acceptors (Lipinski definition) is 8. The van der Waals surface area contributed by atoms with E-state index in [9.17, 15) is 14.4 Å². The summed E-state index contributed by atoms with van der Waals surface area (Å²) in [6.45, 7) is 0.268. The summed E-state index contributed by atoms with van der Waals surface area (Å²) < 4.78 is 9.49. The molecule has 2 aromatic carbocycles. The van der Waals surface area contributed by atoms with Crippen LogP contribution < -0.4 is 26.4 Å². The second kappa shape index (κ2) is 11.0. The maximum atomic E-state index is 14.0. The van der Waals surface area contributed by atoms with Crippen molar-refractivity contribution in [1.82, 2.24) is 9.69 Å². The molecule has 0 saturated carbocycles. The highest BCUT2D eigenvalue weighted by atomic mass is 32.1. The third-order valence-corrected chi connectivity index (χ3v) is 7.12. The van der Waals surface area contributed by atoms with Gasteiger partial charge < -0.3 is 21.5 Å². The zero-order chi connectivity index (χ0) is 25.7. The molecular weight excluding hydrogens is 498 g/mol. The highest BCUT2D eigenvalue weighted by Gasteiger charge is 2.37. The van der Waals surface area contributed by atoms with Crippen molar-refractivity contribution in [2.24, 2.45) is 5.73 Å². The molecule has 184 valence electrons. The van der Waals surface area contributed by atoms with E-state index in [4.69, 9.17) is 16.2 Å². The lowest BCUT2D eigenvalue weighted by Gasteiger charge is -2.31. The lowest BCUT2D eigenvalue weighted by molar-refractivity contribution is -0.122. The van der Waals surface area contributed by atoms with Crippen LogP contribution in [0, 0.1) is 0 Å². The first-order valence-corrected chi connectivity index (χ1v) is 12.4. The van der Waals surface area contributed by atoms with Gasteiger partial charge in [-0.05, 0) is 40.7 Å². The van der Waals surface area contributed by atoms with Crippen molar-refractivity contribution in [1.29, 1.82) is 0 Å². The number of carbonyl (C=O) groups is 3. The summed E-state index contributed by atoms with van der Waals surface area (Å²) in [5, 5.41) is 4.76. The van der Waals surface area contributed by atoms with Crippen LogP contribution in [0.25, 0.3) is 0 Å². The number of nitrogens with two attached hydrogens (primary N) is 2. The molecule has 0 radical (unpaired) electrons. The number of nitrogens with zero attached hydrogens (tertiary/aromatic N) is 2. The number of nitrogen functional groups attached to an aromatic ring is 1. The molecular formula is C25H23N5O4S2. The molecule has 2 heterocycles. The van der Waals surface area contributed by atoms with Crippen LogP contribution in [0.15, 0.2) is 72.1 Å². The summed E-state index contributed by atoms with van der Waals surface area (Å²) in [5.74, 6) is -1.49. The Hall–Kier alpha value is -4.22. The molecule has 0 aliphatic carbocycles. The number of ether oxygens (including phenoxy) is 1. The Kier molecular flexibility index (Phi) is 7.62. The molecule has 0 fully saturated rings. The molecule has 4 rings (SSSR count). The topological polar surface area (TPSA) is 141 Å². The van der Waals surface area contributed by atoms with Gasteiger partial charge in [0.05, 0.1) is 18.5 Å². The Morgan fingerprint density at radius 3 is 2.42 bits per heavy atom. The summed E-state index contributed by atoms with van der Waals surface area (Å²) in [5.41, 5.74) is 12.4. The highest BCUT2D eigenvalue weighted by molar-refractivity contribution is 7.10. The molecule has 1 atom stereocenters. The van der Waals surface area contributed by atoms with Crippen molar-refractivity contribution in [2.45, 2.75) is 12.6 Å². The van der Waals surface area contributed by atoms with Gasteiger partial charge in [0.1, 0.15) is 10.6 Å². The van der Waals surface area contributed by atoms with E-state index in [1.807, 2.05) is 35.7 Å². The number of para-hydroxylation sites is 2. The van der Waals surface area contributed by atoms with Crippen LogP contribution in [-0.2, 0) is 11.3 Å². The third kappa shape index (κ3) is 5.07. The van der Waals surface area contributed by atoms with E-state index >= 15 is 0 Å². The second-order valence-corrected chi connectivity index (χ2v) is 9.36.